The van der Waals surface area contributed by atoms with Crippen LogP contribution in [0.5, 0.6) is 0 Å². The van der Waals surface area contributed by atoms with E-state index in [9.17, 15) is 10.1 Å². The third kappa shape index (κ3) is 2.54. The summed E-state index contributed by atoms with van der Waals surface area (Å²) in [7, 11) is 0. The molecule has 0 amide bonds. The van der Waals surface area contributed by atoms with E-state index in [1.807, 2.05) is 0 Å². The number of aromatic nitrogens is 2. The second-order valence-electron chi connectivity index (χ2n) is 2.65. The Bertz CT molecular complexity index is 429. The normalized spacial score (nSPS) is 11.5. The van der Waals surface area contributed by atoms with Gasteiger partial charge in [-0.2, -0.15) is 0 Å². The van der Waals surface area contributed by atoms with E-state index >= 15 is 0 Å². The lowest BCUT2D eigenvalue weighted by Crippen LogP contribution is -2.15. The highest BCUT2D eigenvalue weighted by molar-refractivity contribution is 6.31. The van der Waals surface area contributed by atoms with Gasteiger partial charge in [0.1, 0.15) is 6.33 Å². The van der Waals surface area contributed by atoms with Gasteiger partial charge in [0, 0.05) is 0 Å². The largest absolute Gasteiger partial charge is 0.351 e. The average Bonchev–Trinajstić information content (AvgIpc) is 2.17. The second-order valence-corrected chi connectivity index (χ2v) is 3.01. The maximum atomic E-state index is 10.7. The van der Waals surface area contributed by atoms with Crippen LogP contribution in [0.3, 0.4) is 0 Å². The Balaban J connectivity index is 3.13. The molecule has 0 aromatic carbocycles. The molecule has 1 aromatic rings. The minimum atomic E-state index is -0.659. The molecular weight excluding hydrogens is 220 g/mol. The number of nitrogens with zero attached hydrogens (tertiary/aromatic N) is 3. The second kappa shape index (κ2) is 4.57. The molecule has 0 bridgehead atoms. The van der Waals surface area contributed by atoms with Gasteiger partial charge < -0.3 is 5.32 Å². The Morgan fingerprint density at radius 1 is 1.73 bits per heavy atom. The van der Waals surface area contributed by atoms with Crippen molar-refractivity contribution in [1.29, 1.82) is 0 Å². The van der Waals surface area contributed by atoms with Crippen LogP contribution in [0.15, 0.2) is 6.33 Å². The molecule has 0 saturated heterocycles. The predicted octanol–water partition coefficient (Wildman–Crippen LogP) is 1.47. The van der Waals surface area contributed by atoms with Crippen molar-refractivity contribution in [1.82, 2.24) is 9.97 Å². The Kier molecular flexibility index (Phi) is 3.42. The molecule has 0 aliphatic rings. The summed E-state index contributed by atoms with van der Waals surface area (Å²) in [5.74, 6) is 2.38. The molecule has 0 aliphatic carbocycles. The quantitative estimate of drug-likeness (QED) is 0.365. The molecule has 78 valence electrons. The van der Waals surface area contributed by atoms with Gasteiger partial charge in [0.05, 0.1) is 11.0 Å². The third-order valence-electron chi connectivity index (χ3n) is 1.56. The van der Waals surface area contributed by atoms with Crippen molar-refractivity contribution < 1.29 is 4.92 Å². The number of terminal acetylenes is 1. The van der Waals surface area contributed by atoms with Crippen LogP contribution in [0.25, 0.3) is 0 Å². The van der Waals surface area contributed by atoms with Gasteiger partial charge in [-0.25, -0.2) is 9.97 Å². The monoisotopic (exact) mass is 226 g/mol. The Labute approximate surface area is 90.8 Å². The van der Waals surface area contributed by atoms with Crippen molar-refractivity contribution in [2.75, 3.05) is 5.32 Å². The highest BCUT2D eigenvalue weighted by atomic mass is 35.5. The summed E-state index contributed by atoms with van der Waals surface area (Å²) in [6.07, 6.45) is 6.25. The van der Waals surface area contributed by atoms with Crippen LogP contribution in [0.1, 0.15) is 6.92 Å². The maximum Gasteiger partial charge on any atom is 0.348 e. The van der Waals surface area contributed by atoms with Crippen molar-refractivity contribution in [3.8, 4) is 12.3 Å². The van der Waals surface area contributed by atoms with E-state index in [1.54, 1.807) is 6.92 Å². The summed E-state index contributed by atoms with van der Waals surface area (Å²) >= 11 is 5.57. The molecule has 0 spiro atoms. The first kappa shape index (κ1) is 11.2. The summed E-state index contributed by atoms with van der Waals surface area (Å²) in [5.41, 5.74) is -0.374. The van der Waals surface area contributed by atoms with E-state index in [1.165, 1.54) is 0 Å². The average molecular weight is 227 g/mol. The molecule has 1 atom stereocenters. The van der Waals surface area contributed by atoms with Crippen LogP contribution in [-0.4, -0.2) is 20.9 Å². The van der Waals surface area contributed by atoms with E-state index in [-0.39, 0.29) is 22.7 Å². The topological polar surface area (TPSA) is 81.0 Å². The number of anilines is 1. The van der Waals surface area contributed by atoms with E-state index in [4.69, 9.17) is 18.0 Å². The Morgan fingerprint density at radius 2 is 2.40 bits per heavy atom. The summed E-state index contributed by atoms with van der Waals surface area (Å²) in [5, 5.41) is 13.1. The van der Waals surface area contributed by atoms with Crippen LogP contribution in [0, 0.1) is 22.5 Å². The molecule has 7 heteroatoms. The number of hydrogen-bond acceptors (Lipinski definition) is 5. The summed E-state index contributed by atoms with van der Waals surface area (Å²) in [6, 6.07) is -0.380. The lowest BCUT2D eigenvalue weighted by molar-refractivity contribution is -0.384. The molecular formula is C8H7ClN4O2. The van der Waals surface area contributed by atoms with Crippen molar-refractivity contribution in [2.45, 2.75) is 13.0 Å². The summed E-state index contributed by atoms with van der Waals surface area (Å²) in [4.78, 5) is 17.2. The highest BCUT2D eigenvalue weighted by Crippen LogP contribution is 2.28. The lowest BCUT2D eigenvalue weighted by atomic mass is 10.3. The van der Waals surface area contributed by atoms with Crippen LogP contribution >= 0.6 is 11.6 Å². The first-order valence-electron chi connectivity index (χ1n) is 3.93. The highest BCUT2D eigenvalue weighted by Gasteiger charge is 2.21. The Morgan fingerprint density at radius 3 is 2.93 bits per heavy atom. The first-order valence-corrected chi connectivity index (χ1v) is 4.31. The molecule has 1 N–H and O–H groups in total. The fourth-order valence-electron chi connectivity index (χ4n) is 0.871. The molecule has 0 radical (unpaired) electrons. The molecule has 6 nitrogen and oxygen atoms in total. The molecule has 15 heavy (non-hydrogen) atoms. The molecule has 1 heterocycles. The zero-order valence-electron chi connectivity index (χ0n) is 7.77. The molecule has 1 aromatic heterocycles. The van der Waals surface area contributed by atoms with Gasteiger partial charge in [-0.3, -0.25) is 10.1 Å². The van der Waals surface area contributed by atoms with E-state index in [0.717, 1.165) is 6.33 Å². The minimum Gasteiger partial charge on any atom is -0.351 e. The van der Waals surface area contributed by atoms with Gasteiger partial charge >= 0.3 is 5.69 Å². The number of halogens is 1. The number of rotatable bonds is 3. The summed E-state index contributed by atoms with van der Waals surface area (Å²) in [6.45, 7) is 1.67. The van der Waals surface area contributed by atoms with E-state index in [0.29, 0.717) is 0 Å². The van der Waals surface area contributed by atoms with Crippen LogP contribution < -0.4 is 5.32 Å². The van der Waals surface area contributed by atoms with Crippen LogP contribution in [0.4, 0.5) is 11.5 Å². The predicted molar refractivity (Wildman–Crippen MR) is 55.6 cm³/mol. The molecule has 0 saturated carbocycles. The molecule has 1 rings (SSSR count). The van der Waals surface area contributed by atoms with E-state index in [2.05, 4.69) is 21.2 Å². The maximum absolute atomic E-state index is 10.7. The van der Waals surface area contributed by atoms with Crippen LogP contribution in [0.2, 0.25) is 5.15 Å². The molecule has 0 aliphatic heterocycles. The van der Waals surface area contributed by atoms with Gasteiger partial charge in [0.2, 0.25) is 11.0 Å². The van der Waals surface area contributed by atoms with Crippen molar-refractivity contribution in [2.24, 2.45) is 0 Å². The number of hydrogen-bond donors (Lipinski definition) is 1. The molecule has 0 fully saturated rings. The summed E-state index contributed by atoms with van der Waals surface area (Å²) < 4.78 is 0. The number of nitro groups is 1. The SMILES string of the molecule is C#CC(C)Nc1ncnc(Cl)c1[N+](=O)[O-]. The number of nitrogens with one attached hydrogen (secondary N) is 1. The van der Waals surface area contributed by atoms with Gasteiger partial charge in [-0.1, -0.05) is 17.5 Å². The minimum absolute atomic E-state index is 0.0189. The van der Waals surface area contributed by atoms with Gasteiger partial charge in [-0.15, -0.1) is 6.42 Å². The fourth-order valence-corrected chi connectivity index (χ4v) is 1.07. The van der Waals surface area contributed by atoms with Crippen molar-refractivity contribution in [3.05, 3.63) is 21.6 Å². The van der Waals surface area contributed by atoms with Gasteiger partial charge in [0.25, 0.3) is 0 Å². The standard InChI is InChI=1S/C8H7ClN4O2/c1-3-5(2)12-8-6(13(14)15)7(9)10-4-11-8/h1,4-5H,2H3,(H,10,11,12). The van der Waals surface area contributed by atoms with Crippen molar-refractivity contribution in [3.63, 3.8) is 0 Å². The Hall–Kier alpha value is -1.87. The van der Waals surface area contributed by atoms with Crippen LogP contribution in [-0.2, 0) is 0 Å². The molecule has 1 unspecified atom stereocenters. The third-order valence-corrected chi connectivity index (χ3v) is 1.84. The fraction of sp³-hybridized carbons (Fsp3) is 0.250. The van der Waals surface area contributed by atoms with Gasteiger partial charge in [0.15, 0.2) is 0 Å². The van der Waals surface area contributed by atoms with Crippen molar-refractivity contribution >= 4 is 23.1 Å². The zero-order valence-corrected chi connectivity index (χ0v) is 8.52. The first-order chi connectivity index (χ1) is 7.06. The van der Waals surface area contributed by atoms with E-state index < -0.39 is 4.92 Å². The smallest absolute Gasteiger partial charge is 0.348 e. The lowest BCUT2D eigenvalue weighted by Gasteiger charge is -2.08. The van der Waals surface area contributed by atoms with Gasteiger partial charge in [-0.05, 0) is 6.92 Å². The zero-order chi connectivity index (χ0) is 11.4.